The summed E-state index contributed by atoms with van der Waals surface area (Å²) in [5.74, 6) is 0.922. The van der Waals surface area contributed by atoms with Crippen molar-refractivity contribution in [1.82, 2.24) is 0 Å². The van der Waals surface area contributed by atoms with Gasteiger partial charge in [0, 0.05) is 44.5 Å². The molecule has 3 heterocycles. The maximum Gasteiger partial charge on any atom is 0.337 e. The number of rotatable bonds is 3. The van der Waals surface area contributed by atoms with E-state index in [0.717, 1.165) is 36.4 Å². The molecule has 0 spiro atoms. The second-order valence-corrected chi connectivity index (χ2v) is 33.4. The first kappa shape index (κ1) is 54.7. The quantitative estimate of drug-likeness (QED) is 0.164. The van der Waals surface area contributed by atoms with Crippen molar-refractivity contribution < 1.29 is 4.42 Å². The molecule has 7 aromatic carbocycles. The number of anilines is 5. The van der Waals surface area contributed by atoms with E-state index in [1.165, 1.54) is 142 Å². The summed E-state index contributed by atoms with van der Waals surface area (Å²) in [6, 6.07) is 46.9. The van der Waals surface area contributed by atoms with E-state index in [0.29, 0.717) is 0 Å². The van der Waals surface area contributed by atoms with Gasteiger partial charge in [-0.2, -0.15) is 0 Å². The summed E-state index contributed by atoms with van der Waals surface area (Å²) in [6.07, 6.45) is 6.98. The predicted octanol–water partition coefficient (Wildman–Crippen LogP) is 20.8. The van der Waals surface area contributed by atoms with Gasteiger partial charge in [0.1, 0.15) is 5.58 Å². The highest BCUT2D eigenvalue weighted by Gasteiger charge is 2.53. The summed E-state index contributed by atoms with van der Waals surface area (Å²) in [6.45, 7) is 48.9. The van der Waals surface area contributed by atoms with E-state index in [1.807, 2.05) is 0 Å². The molecule has 4 heteroatoms. The molecule has 83 heavy (non-hydrogen) atoms. The average Bonchev–Trinajstić information content (AvgIpc) is 1.85. The summed E-state index contributed by atoms with van der Waals surface area (Å²) >= 11 is 0. The maximum atomic E-state index is 7.91. The van der Waals surface area contributed by atoms with Crippen LogP contribution in [-0.2, 0) is 48.7 Å². The Hall–Kier alpha value is -6.26. The molecule has 0 fully saturated rings. The van der Waals surface area contributed by atoms with E-state index in [-0.39, 0.29) is 55.6 Å². The first-order chi connectivity index (χ1) is 38.6. The predicted molar refractivity (Wildman–Crippen MR) is 356 cm³/mol. The Morgan fingerprint density at radius 2 is 0.940 bits per heavy atom. The lowest BCUT2D eigenvalue weighted by atomic mass is 9.43. The Bertz CT molecular complexity index is 4100. The van der Waals surface area contributed by atoms with Crippen molar-refractivity contribution >= 4 is 57.4 Å². The monoisotopic (exact) mass is 1090 g/mol. The molecular formula is C79H91BN2O. The molecule has 14 rings (SSSR count). The van der Waals surface area contributed by atoms with Crippen molar-refractivity contribution in [3.8, 4) is 33.4 Å². The van der Waals surface area contributed by atoms with Crippen LogP contribution in [0.5, 0.6) is 0 Å². The maximum absolute atomic E-state index is 7.91. The van der Waals surface area contributed by atoms with Crippen LogP contribution in [0.2, 0.25) is 0 Å². The van der Waals surface area contributed by atoms with E-state index < -0.39 is 0 Å². The van der Waals surface area contributed by atoms with Gasteiger partial charge >= 0.3 is 6.85 Å². The molecule has 0 bridgehead atoms. The summed E-state index contributed by atoms with van der Waals surface area (Å²) in [5.41, 5.74) is 30.5. The SMILES string of the molecule is CC(C)(C)c1ccc(N2c3cc(C(C)(C)C)cc4c3B(c3c2oc2cc5c(cc32)C(C)(C)CCC5(C)C)N(c2ccc3c(c2)C(C)(C)CCC3(C)C)c2ccc3c(c2-4)C(C)(C)c2cc4c(cc2-3)C(C)(C)CCC4(C)C)c(-c2ccccc2)c1. The first-order valence-corrected chi connectivity index (χ1v) is 31.7. The lowest BCUT2D eigenvalue weighted by molar-refractivity contribution is 0.331. The fourth-order valence-electron chi connectivity index (χ4n) is 16.7. The van der Waals surface area contributed by atoms with Gasteiger partial charge in [0.05, 0.1) is 5.69 Å². The zero-order chi connectivity index (χ0) is 59.1. The Kier molecular flexibility index (Phi) is 11.2. The third-order valence-electron chi connectivity index (χ3n) is 22.5. The van der Waals surface area contributed by atoms with E-state index in [2.05, 4.69) is 263 Å². The number of fused-ring (bicyclic) bond motifs is 13. The minimum absolute atomic E-state index is 0.00208. The molecule has 0 saturated carbocycles. The Balaban J connectivity index is 1.17. The number of furan rings is 1. The van der Waals surface area contributed by atoms with Crippen LogP contribution in [0.1, 0.15) is 233 Å². The number of nitrogens with zero attached hydrogens (tertiary/aromatic N) is 2. The molecular weight excluding hydrogens is 1000 g/mol. The molecule has 2 aliphatic heterocycles. The minimum atomic E-state index is -0.309. The Morgan fingerprint density at radius 1 is 0.410 bits per heavy atom. The smallest absolute Gasteiger partial charge is 0.337 e. The molecule has 0 atom stereocenters. The average molecular weight is 1100 g/mol. The van der Waals surface area contributed by atoms with Gasteiger partial charge in [0.25, 0.3) is 0 Å². The molecule has 0 amide bonds. The molecule has 426 valence electrons. The highest BCUT2D eigenvalue weighted by atomic mass is 16.4. The molecule has 0 N–H and O–H groups in total. The molecule has 0 radical (unpaired) electrons. The van der Waals surface area contributed by atoms with Gasteiger partial charge < -0.3 is 9.23 Å². The van der Waals surface area contributed by atoms with Crippen LogP contribution in [0.3, 0.4) is 0 Å². The van der Waals surface area contributed by atoms with E-state index in [4.69, 9.17) is 4.42 Å². The van der Waals surface area contributed by atoms with Gasteiger partial charge in [-0.15, -0.1) is 0 Å². The second kappa shape index (κ2) is 17.0. The van der Waals surface area contributed by atoms with Crippen molar-refractivity contribution in [3.63, 3.8) is 0 Å². The van der Waals surface area contributed by atoms with Crippen molar-refractivity contribution in [1.29, 1.82) is 0 Å². The van der Waals surface area contributed by atoms with Gasteiger partial charge in [-0.3, -0.25) is 4.90 Å². The normalized spacial score (nSPS) is 20.4. The van der Waals surface area contributed by atoms with Crippen molar-refractivity contribution in [3.05, 3.63) is 171 Å². The summed E-state index contributed by atoms with van der Waals surface area (Å²) in [7, 11) is 0. The lowest BCUT2D eigenvalue weighted by Gasteiger charge is -2.47. The number of benzene rings is 7. The van der Waals surface area contributed by atoms with Crippen LogP contribution in [0.25, 0.3) is 44.3 Å². The number of hydrogen-bond donors (Lipinski definition) is 0. The third kappa shape index (κ3) is 7.80. The molecule has 3 nitrogen and oxygen atoms in total. The summed E-state index contributed by atoms with van der Waals surface area (Å²) in [5, 5.41) is 1.22. The van der Waals surface area contributed by atoms with Crippen LogP contribution in [0.4, 0.5) is 28.6 Å². The van der Waals surface area contributed by atoms with E-state index in [1.54, 1.807) is 0 Å². The van der Waals surface area contributed by atoms with Crippen LogP contribution >= 0.6 is 0 Å². The van der Waals surface area contributed by atoms with Crippen LogP contribution in [0, 0.1) is 0 Å². The van der Waals surface area contributed by atoms with Gasteiger partial charge in [-0.25, -0.2) is 0 Å². The highest BCUT2D eigenvalue weighted by molar-refractivity contribution is 6.95. The first-order valence-electron chi connectivity index (χ1n) is 31.7. The molecule has 6 aliphatic rings. The van der Waals surface area contributed by atoms with Crippen molar-refractivity contribution in [2.45, 2.75) is 226 Å². The Labute approximate surface area is 498 Å². The Morgan fingerprint density at radius 3 is 1.54 bits per heavy atom. The second-order valence-electron chi connectivity index (χ2n) is 33.4. The molecule has 0 saturated heterocycles. The summed E-state index contributed by atoms with van der Waals surface area (Å²) in [4.78, 5) is 5.43. The fourth-order valence-corrected chi connectivity index (χ4v) is 16.7. The van der Waals surface area contributed by atoms with Gasteiger partial charge in [0.2, 0.25) is 5.88 Å². The zero-order valence-electron chi connectivity index (χ0n) is 54.1. The molecule has 4 aliphatic carbocycles. The number of hydrogen-bond acceptors (Lipinski definition) is 3. The van der Waals surface area contributed by atoms with Crippen molar-refractivity contribution in [2.24, 2.45) is 0 Å². The van der Waals surface area contributed by atoms with Gasteiger partial charge in [-0.1, -0.05) is 199 Å². The topological polar surface area (TPSA) is 19.6 Å². The molecule has 0 unspecified atom stereocenters. The largest absolute Gasteiger partial charge is 0.440 e. The zero-order valence-corrected chi connectivity index (χ0v) is 54.1. The van der Waals surface area contributed by atoms with Gasteiger partial charge in [0.15, 0.2) is 0 Å². The third-order valence-corrected chi connectivity index (χ3v) is 22.5. The minimum Gasteiger partial charge on any atom is -0.440 e. The standard InChI is InChI=1S/C79H91BN2O/c1-71(2,3)47-26-30-62(51(38-47)46-24-22-21-23-25-46)81-64-40-48(72(4,5)6)39-54-66-63(31-28-50-52-42-58-60(44-56(52)79(19,20)67(50)66)77(15,16)36-34-75(58,11)12)82(49-27-29-55-57(41-49)74(9,10)33-32-73(55,7)8)80(68(54)64)69-53-43-59-61(45-65(53)83-70(69)81)78(17,18)37-35-76(59,13)14/h21-31,38-45H,32-37H2,1-20H3. The van der Waals surface area contributed by atoms with Crippen LogP contribution in [0.15, 0.2) is 120 Å². The van der Waals surface area contributed by atoms with E-state index in [9.17, 15) is 0 Å². The highest BCUT2D eigenvalue weighted by Crippen LogP contribution is 2.62. The van der Waals surface area contributed by atoms with Crippen LogP contribution < -0.4 is 20.6 Å². The fraction of sp³-hybridized carbons (Fsp3) is 0.443. The molecule has 8 aromatic rings. The van der Waals surface area contributed by atoms with Crippen molar-refractivity contribution in [2.75, 3.05) is 9.71 Å². The molecule has 1 aromatic heterocycles. The van der Waals surface area contributed by atoms with E-state index >= 15 is 0 Å². The van der Waals surface area contributed by atoms with Gasteiger partial charge in [-0.05, 0) is 220 Å². The lowest BCUT2D eigenvalue weighted by Crippen LogP contribution is -2.61. The van der Waals surface area contributed by atoms with Crippen LogP contribution in [-0.4, -0.2) is 6.85 Å². The summed E-state index contributed by atoms with van der Waals surface area (Å²) < 4.78 is 7.91.